The lowest BCUT2D eigenvalue weighted by atomic mass is 9.92. The normalized spacial score (nSPS) is 22.8. The van der Waals surface area contributed by atoms with Crippen LogP contribution in [0.25, 0.3) is 0 Å². The van der Waals surface area contributed by atoms with Gasteiger partial charge in [-0.05, 0) is 5.56 Å². The third-order valence-corrected chi connectivity index (χ3v) is 4.57. The van der Waals surface area contributed by atoms with E-state index in [9.17, 15) is 4.79 Å². The number of hydrogen-bond acceptors (Lipinski definition) is 2. The zero-order chi connectivity index (χ0) is 13.3. The monoisotopic (exact) mass is 316 g/mol. The van der Waals surface area contributed by atoms with E-state index in [4.69, 9.17) is 4.74 Å². The summed E-state index contributed by atoms with van der Waals surface area (Å²) >= 11 is 3.53. The van der Waals surface area contributed by atoms with Crippen molar-refractivity contribution in [3.63, 3.8) is 0 Å². The van der Waals surface area contributed by atoms with Gasteiger partial charge in [0.1, 0.15) is 10.4 Å². The Labute approximate surface area is 120 Å². The predicted molar refractivity (Wildman–Crippen MR) is 77.6 cm³/mol. The molecule has 1 aliphatic rings. The number of halogens is 1. The van der Waals surface area contributed by atoms with E-state index in [1.165, 1.54) is 0 Å². The summed E-state index contributed by atoms with van der Waals surface area (Å²) in [7, 11) is 0. The number of hydrogen-bond donors (Lipinski definition) is 0. The molecular formula is C16H13BrO2. The lowest BCUT2D eigenvalue weighted by molar-refractivity contribution is 0.0957. The van der Waals surface area contributed by atoms with Gasteiger partial charge in [-0.3, -0.25) is 4.79 Å². The number of epoxide rings is 1. The van der Waals surface area contributed by atoms with Crippen LogP contribution in [0.1, 0.15) is 15.9 Å². The summed E-state index contributed by atoms with van der Waals surface area (Å²) < 4.78 is 5.62. The topological polar surface area (TPSA) is 29.6 Å². The maximum absolute atomic E-state index is 12.5. The molecule has 0 N–H and O–H groups in total. The standard InChI is InChI=1S/C16H13BrO2/c17-15(14(18)12-7-3-1-4-8-12)16(11-19-16)13-9-5-2-6-10-13/h1-10,15H,11H2/t15-,16-/m0/s1. The first kappa shape index (κ1) is 12.6. The second-order valence-corrected chi connectivity index (χ2v) is 5.55. The molecular weight excluding hydrogens is 304 g/mol. The maximum Gasteiger partial charge on any atom is 0.179 e. The van der Waals surface area contributed by atoms with E-state index < -0.39 is 5.60 Å². The van der Waals surface area contributed by atoms with Crippen molar-refractivity contribution < 1.29 is 9.53 Å². The average molecular weight is 317 g/mol. The Morgan fingerprint density at radius 3 is 2.11 bits per heavy atom. The molecule has 0 saturated carbocycles. The molecule has 96 valence electrons. The highest BCUT2D eigenvalue weighted by atomic mass is 79.9. The molecule has 1 saturated heterocycles. The Morgan fingerprint density at radius 2 is 1.58 bits per heavy atom. The van der Waals surface area contributed by atoms with Crippen LogP contribution >= 0.6 is 15.9 Å². The summed E-state index contributed by atoms with van der Waals surface area (Å²) in [6.07, 6.45) is 0. The Hall–Kier alpha value is -1.45. The van der Waals surface area contributed by atoms with Crippen molar-refractivity contribution in [2.75, 3.05) is 6.61 Å². The number of ketones is 1. The predicted octanol–water partition coefficient (Wildman–Crippen LogP) is 3.56. The molecule has 0 aromatic heterocycles. The van der Waals surface area contributed by atoms with E-state index >= 15 is 0 Å². The summed E-state index contributed by atoms with van der Waals surface area (Å²) in [5.74, 6) is 0.0574. The molecule has 0 aliphatic carbocycles. The van der Waals surface area contributed by atoms with Gasteiger partial charge in [-0.15, -0.1) is 0 Å². The molecule has 2 atom stereocenters. The number of benzene rings is 2. The van der Waals surface area contributed by atoms with Crippen LogP contribution in [0.5, 0.6) is 0 Å². The van der Waals surface area contributed by atoms with Gasteiger partial charge in [0.2, 0.25) is 0 Å². The van der Waals surface area contributed by atoms with Gasteiger partial charge in [0, 0.05) is 5.56 Å². The number of carbonyl (C=O) groups is 1. The van der Waals surface area contributed by atoms with Crippen molar-refractivity contribution >= 4 is 21.7 Å². The molecule has 2 aromatic rings. The van der Waals surface area contributed by atoms with Crippen molar-refractivity contribution in [3.05, 3.63) is 71.8 Å². The van der Waals surface area contributed by atoms with Crippen LogP contribution < -0.4 is 0 Å². The zero-order valence-electron chi connectivity index (χ0n) is 10.3. The molecule has 19 heavy (non-hydrogen) atoms. The first-order valence-corrected chi connectivity index (χ1v) is 7.08. The molecule has 0 spiro atoms. The summed E-state index contributed by atoms with van der Waals surface area (Å²) in [6.45, 7) is 0.575. The third-order valence-electron chi connectivity index (χ3n) is 3.42. The van der Waals surface area contributed by atoms with E-state index in [0.29, 0.717) is 12.2 Å². The quantitative estimate of drug-likeness (QED) is 0.490. The number of rotatable bonds is 4. The van der Waals surface area contributed by atoms with Crippen LogP contribution in [0.15, 0.2) is 60.7 Å². The summed E-state index contributed by atoms with van der Waals surface area (Å²) in [4.78, 5) is 12.1. The van der Waals surface area contributed by atoms with Gasteiger partial charge >= 0.3 is 0 Å². The van der Waals surface area contributed by atoms with Crippen LogP contribution in [0, 0.1) is 0 Å². The molecule has 1 aliphatic heterocycles. The Balaban J connectivity index is 1.89. The molecule has 0 radical (unpaired) electrons. The van der Waals surface area contributed by atoms with Crippen molar-refractivity contribution in [1.29, 1.82) is 0 Å². The fourth-order valence-electron chi connectivity index (χ4n) is 2.22. The number of ether oxygens (including phenoxy) is 1. The highest BCUT2D eigenvalue weighted by Crippen LogP contribution is 2.46. The Morgan fingerprint density at radius 1 is 1.05 bits per heavy atom. The van der Waals surface area contributed by atoms with Gasteiger partial charge in [0.15, 0.2) is 5.78 Å². The van der Waals surface area contributed by atoms with Crippen LogP contribution in [0.4, 0.5) is 0 Å². The van der Waals surface area contributed by atoms with Crippen LogP contribution in [-0.4, -0.2) is 17.2 Å². The summed E-state index contributed by atoms with van der Waals surface area (Å²) in [6, 6.07) is 19.2. The third kappa shape index (κ3) is 2.24. The van der Waals surface area contributed by atoms with E-state index in [-0.39, 0.29) is 10.6 Å². The first-order chi connectivity index (χ1) is 9.24. The summed E-state index contributed by atoms with van der Waals surface area (Å²) in [5.41, 5.74) is 1.24. The SMILES string of the molecule is O=C(c1ccccc1)[C@H](Br)[C@@]1(c2ccccc2)CO1. The van der Waals surface area contributed by atoms with Crippen LogP contribution in [-0.2, 0) is 10.3 Å². The van der Waals surface area contributed by atoms with Gasteiger partial charge < -0.3 is 4.74 Å². The highest BCUT2D eigenvalue weighted by Gasteiger charge is 2.54. The molecule has 3 rings (SSSR count). The minimum absolute atomic E-state index is 0.0574. The van der Waals surface area contributed by atoms with E-state index in [1.54, 1.807) is 0 Å². The van der Waals surface area contributed by atoms with Crippen molar-refractivity contribution in [2.24, 2.45) is 0 Å². The van der Waals surface area contributed by atoms with Gasteiger partial charge in [-0.2, -0.15) is 0 Å². The lowest BCUT2D eigenvalue weighted by Crippen LogP contribution is -2.30. The highest BCUT2D eigenvalue weighted by molar-refractivity contribution is 9.10. The van der Waals surface area contributed by atoms with E-state index in [1.807, 2.05) is 60.7 Å². The number of alkyl halides is 1. The van der Waals surface area contributed by atoms with Crippen molar-refractivity contribution in [1.82, 2.24) is 0 Å². The summed E-state index contributed by atoms with van der Waals surface area (Å²) in [5, 5.41) is 0. The number of Topliss-reactive ketones (excluding diaryl/α,β-unsaturated/α-hetero) is 1. The molecule has 1 heterocycles. The minimum atomic E-state index is -0.506. The second-order valence-electron chi connectivity index (χ2n) is 4.64. The smallest absolute Gasteiger partial charge is 0.179 e. The van der Waals surface area contributed by atoms with Crippen molar-refractivity contribution in [3.8, 4) is 0 Å². The first-order valence-electron chi connectivity index (χ1n) is 6.17. The molecule has 3 heteroatoms. The van der Waals surface area contributed by atoms with Gasteiger partial charge in [-0.1, -0.05) is 76.6 Å². The fraction of sp³-hybridized carbons (Fsp3) is 0.188. The van der Waals surface area contributed by atoms with E-state index in [2.05, 4.69) is 15.9 Å². The number of carbonyl (C=O) groups excluding carboxylic acids is 1. The van der Waals surface area contributed by atoms with Crippen LogP contribution in [0.2, 0.25) is 0 Å². The molecule has 1 fully saturated rings. The second kappa shape index (κ2) is 4.91. The zero-order valence-corrected chi connectivity index (χ0v) is 11.8. The van der Waals surface area contributed by atoms with Gasteiger partial charge in [0.25, 0.3) is 0 Å². The van der Waals surface area contributed by atoms with E-state index in [0.717, 1.165) is 5.56 Å². The molecule has 2 nitrogen and oxygen atoms in total. The maximum atomic E-state index is 12.5. The Bertz CT molecular complexity index is 576. The van der Waals surface area contributed by atoms with Gasteiger partial charge in [-0.25, -0.2) is 0 Å². The molecule has 2 aromatic carbocycles. The fourth-order valence-corrected chi connectivity index (χ4v) is 3.01. The molecule has 0 unspecified atom stereocenters. The largest absolute Gasteiger partial charge is 0.363 e. The minimum Gasteiger partial charge on any atom is -0.363 e. The lowest BCUT2D eigenvalue weighted by Gasteiger charge is -2.18. The van der Waals surface area contributed by atoms with Gasteiger partial charge in [0.05, 0.1) is 6.61 Å². The van der Waals surface area contributed by atoms with Crippen LogP contribution in [0.3, 0.4) is 0 Å². The molecule has 0 amide bonds. The van der Waals surface area contributed by atoms with Crippen molar-refractivity contribution in [2.45, 2.75) is 10.4 Å². The molecule has 0 bridgehead atoms. The Kier molecular flexibility index (Phi) is 3.25. The average Bonchev–Trinajstić information content (AvgIpc) is 3.29.